The van der Waals surface area contributed by atoms with Crippen molar-refractivity contribution in [1.29, 1.82) is 0 Å². The molecule has 0 bridgehead atoms. The van der Waals surface area contributed by atoms with Crippen LogP contribution in [0.3, 0.4) is 0 Å². The van der Waals surface area contributed by atoms with Gasteiger partial charge in [0, 0.05) is 30.9 Å². The van der Waals surface area contributed by atoms with E-state index in [1.165, 1.54) is 26.1 Å². The molecule has 1 atom stereocenters. The molecule has 1 unspecified atom stereocenters. The van der Waals surface area contributed by atoms with Crippen molar-refractivity contribution in [3.63, 3.8) is 0 Å². The van der Waals surface area contributed by atoms with E-state index in [-0.39, 0.29) is 30.2 Å². The minimum atomic E-state index is -2.85. The van der Waals surface area contributed by atoms with Crippen LogP contribution in [0.15, 0.2) is 47.6 Å². The Kier molecular flexibility index (Phi) is 8.62. The number of rotatable bonds is 10. The van der Waals surface area contributed by atoms with Crippen molar-refractivity contribution in [2.45, 2.75) is 38.8 Å². The van der Waals surface area contributed by atoms with E-state index >= 15 is 0 Å². The number of pyridine rings is 1. The summed E-state index contributed by atoms with van der Waals surface area (Å²) in [4.78, 5) is 33.3. The lowest BCUT2D eigenvalue weighted by atomic mass is 9.96. The van der Waals surface area contributed by atoms with Gasteiger partial charge < -0.3 is 20.5 Å². The van der Waals surface area contributed by atoms with E-state index in [0.717, 1.165) is 0 Å². The molecule has 0 radical (unpaired) electrons. The molecule has 0 aliphatic carbocycles. The maximum Gasteiger partial charge on any atom is 0.331 e. The van der Waals surface area contributed by atoms with Crippen LogP contribution in [0.25, 0.3) is 0 Å². The van der Waals surface area contributed by atoms with Gasteiger partial charge in [0.2, 0.25) is 6.43 Å². The minimum absolute atomic E-state index is 0.0230. The van der Waals surface area contributed by atoms with E-state index < -0.39 is 30.3 Å². The molecule has 10 heteroatoms. The summed E-state index contributed by atoms with van der Waals surface area (Å²) in [5.74, 6) is -1.42. The standard InChI is InChI=1S/C22H26F2N4O4/c1-4-31-21(30)22(2,12-18(23)24)28-20(29)19(26-3)16-11-15(8-9-17(16)25)32-13-14-7-5-6-10-27-14/h5-11,18H,4,12-13,25H2,1-3H3,(H,28,29). The summed E-state index contributed by atoms with van der Waals surface area (Å²) in [7, 11) is 1.35. The predicted molar refractivity (Wildman–Crippen MR) is 116 cm³/mol. The van der Waals surface area contributed by atoms with Crippen LogP contribution in [0.1, 0.15) is 31.5 Å². The quantitative estimate of drug-likeness (QED) is 0.328. The van der Waals surface area contributed by atoms with Crippen LogP contribution in [0.2, 0.25) is 0 Å². The van der Waals surface area contributed by atoms with Gasteiger partial charge in [-0.2, -0.15) is 0 Å². The Morgan fingerprint density at radius 3 is 2.62 bits per heavy atom. The van der Waals surface area contributed by atoms with Gasteiger partial charge in [-0.05, 0) is 44.2 Å². The number of esters is 1. The molecule has 0 aliphatic rings. The number of carbonyl (C=O) groups excluding carboxylic acids is 2. The Morgan fingerprint density at radius 1 is 1.28 bits per heavy atom. The Bertz CT molecular complexity index is 970. The maximum absolute atomic E-state index is 13.1. The van der Waals surface area contributed by atoms with Crippen LogP contribution < -0.4 is 15.8 Å². The van der Waals surface area contributed by atoms with Gasteiger partial charge in [0.05, 0.1) is 12.3 Å². The topological polar surface area (TPSA) is 116 Å². The third-order valence-corrected chi connectivity index (χ3v) is 4.51. The second-order valence-corrected chi connectivity index (χ2v) is 7.03. The molecule has 172 valence electrons. The highest BCUT2D eigenvalue weighted by Crippen LogP contribution is 2.23. The second-order valence-electron chi connectivity index (χ2n) is 7.03. The molecule has 1 amide bonds. The average Bonchev–Trinajstić information content (AvgIpc) is 2.74. The van der Waals surface area contributed by atoms with E-state index in [2.05, 4.69) is 15.3 Å². The van der Waals surface area contributed by atoms with E-state index in [1.807, 2.05) is 6.07 Å². The lowest BCUT2D eigenvalue weighted by Crippen LogP contribution is -2.56. The summed E-state index contributed by atoms with van der Waals surface area (Å²) >= 11 is 0. The summed E-state index contributed by atoms with van der Waals surface area (Å²) in [5.41, 5.74) is 5.08. The zero-order valence-electron chi connectivity index (χ0n) is 18.1. The third kappa shape index (κ3) is 6.47. The number of nitrogens with one attached hydrogen (secondary N) is 1. The van der Waals surface area contributed by atoms with Crippen molar-refractivity contribution in [1.82, 2.24) is 10.3 Å². The number of hydrogen-bond donors (Lipinski definition) is 2. The number of aliphatic imine (C=N–C) groups is 1. The second kappa shape index (κ2) is 11.2. The zero-order valence-corrected chi connectivity index (χ0v) is 18.1. The highest BCUT2D eigenvalue weighted by molar-refractivity contribution is 6.46. The number of hydrogen-bond acceptors (Lipinski definition) is 7. The molecule has 2 rings (SSSR count). The van der Waals surface area contributed by atoms with Crippen molar-refractivity contribution < 1.29 is 27.8 Å². The normalized spacial score (nSPS) is 13.4. The first-order valence-corrected chi connectivity index (χ1v) is 9.87. The largest absolute Gasteiger partial charge is 0.487 e. The monoisotopic (exact) mass is 448 g/mol. The minimum Gasteiger partial charge on any atom is -0.487 e. The van der Waals surface area contributed by atoms with Crippen LogP contribution in [0.4, 0.5) is 14.5 Å². The number of nitrogens with two attached hydrogens (primary N) is 1. The number of nitrogens with zero attached hydrogens (tertiary/aromatic N) is 2. The van der Waals surface area contributed by atoms with Gasteiger partial charge in [-0.1, -0.05) is 6.07 Å². The Morgan fingerprint density at radius 2 is 2.03 bits per heavy atom. The van der Waals surface area contributed by atoms with Crippen molar-refractivity contribution in [2.75, 3.05) is 19.4 Å². The molecule has 8 nitrogen and oxygen atoms in total. The first-order valence-electron chi connectivity index (χ1n) is 9.87. The zero-order chi connectivity index (χ0) is 23.7. The van der Waals surface area contributed by atoms with Gasteiger partial charge in [-0.25, -0.2) is 13.6 Å². The molecule has 2 aromatic rings. The van der Waals surface area contributed by atoms with Gasteiger partial charge in [-0.15, -0.1) is 0 Å². The van der Waals surface area contributed by atoms with Crippen molar-refractivity contribution in [3.8, 4) is 5.75 Å². The van der Waals surface area contributed by atoms with Gasteiger partial charge in [0.15, 0.2) is 0 Å². The SMILES string of the molecule is CCOC(=O)C(C)(CC(F)F)NC(=O)C(=NC)c1cc(OCc2ccccn2)ccc1N. The van der Waals surface area contributed by atoms with E-state index in [9.17, 15) is 18.4 Å². The molecule has 1 aromatic carbocycles. The number of nitrogen functional groups attached to an aromatic ring is 1. The fraction of sp³-hybridized carbons (Fsp3) is 0.364. The fourth-order valence-electron chi connectivity index (χ4n) is 2.91. The lowest BCUT2D eigenvalue weighted by molar-refractivity contribution is -0.153. The Labute approximate surface area is 184 Å². The van der Waals surface area contributed by atoms with Crippen molar-refractivity contribution in [3.05, 3.63) is 53.9 Å². The fourth-order valence-corrected chi connectivity index (χ4v) is 2.91. The molecule has 32 heavy (non-hydrogen) atoms. The molecule has 0 aliphatic heterocycles. The van der Waals surface area contributed by atoms with E-state index in [4.69, 9.17) is 15.2 Å². The Balaban J connectivity index is 2.26. The average molecular weight is 448 g/mol. The number of aromatic nitrogens is 1. The van der Waals surface area contributed by atoms with Gasteiger partial charge >= 0.3 is 5.97 Å². The summed E-state index contributed by atoms with van der Waals surface area (Å²) in [6.07, 6.45) is -2.13. The van der Waals surface area contributed by atoms with Crippen molar-refractivity contribution >= 4 is 23.3 Å². The Hall–Kier alpha value is -3.56. The highest BCUT2D eigenvalue weighted by atomic mass is 19.3. The number of halogens is 2. The number of ether oxygens (including phenoxy) is 2. The number of alkyl halides is 2. The first-order chi connectivity index (χ1) is 15.2. The smallest absolute Gasteiger partial charge is 0.331 e. The van der Waals surface area contributed by atoms with Gasteiger partial charge in [0.1, 0.15) is 23.6 Å². The number of carbonyl (C=O) groups is 2. The molecule has 0 saturated heterocycles. The van der Waals surface area contributed by atoms with E-state index in [1.54, 1.807) is 31.3 Å². The van der Waals surface area contributed by atoms with Crippen LogP contribution in [0.5, 0.6) is 5.75 Å². The summed E-state index contributed by atoms with van der Waals surface area (Å²) in [5, 5.41) is 2.33. The number of anilines is 1. The molecule has 3 N–H and O–H groups in total. The van der Waals surface area contributed by atoms with Crippen molar-refractivity contribution in [2.24, 2.45) is 4.99 Å². The molecule has 0 spiro atoms. The summed E-state index contributed by atoms with van der Waals surface area (Å²) < 4.78 is 36.8. The first kappa shape index (κ1) is 24.7. The maximum atomic E-state index is 13.1. The summed E-state index contributed by atoms with van der Waals surface area (Å²) in [6, 6.07) is 10.1. The van der Waals surface area contributed by atoms with Crippen LogP contribution >= 0.6 is 0 Å². The molecule has 1 aromatic heterocycles. The molecule has 1 heterocycles. The third-order valence-electron chi connectivity index (χ3n) is 4.51. The van der Waals surface area contributed by atoms with E-state index in [0.29, 0.717) is 11.4 Å². The molecule has 0 fully saturated rings. The molecular weight excluding hydrogens is 422 g/mol. The predicted octanol–water partition coefficient (Wildman–Crippen LogP) is 2.75. The van der Waals surface area contributed by atoms with Crippen LogP contribution in [-0.4, -0.2) is 48.2 Å². The van der Waals surface area contributed by atoms with Gasteiger partial charge in [0.25, 0.3) is 5.91 Å². The highest BCUT2D eigenvalue weighted by Gasteiger charge is 2.40. The summed E-state index contributed by atoms with van der Waals surface area (Å²) in [6.45, 7) is 2.88. The van der Waals surface area contributed by atoms with Crippen LogP contribution in [0, 0.1) is 0 Å². The van der Waals surface area contributed by atoms with Crippen LogP contribution in [-0.2, 0) is 20.9 Å². The molecular formula is C22H26F2N4O4. The molecule has 0 saturated carbocycles. The number of amides is 1. The number of benzene rings is 1. The van der Waals surface area contributed by atoms with Gasteiger partial charge in [-0.3, -0.25) is 14.8 Å². The lowest BCUT2D eigenvalue weighted by Gasteiger charge is -2.28.